The van der Waals surface area contributed by atoms with Crippen LogP contribution in [0.1, 0.15) is 5.69 Å². The lowest BCUT2D eigenvalue weighted by Crippen LogP contribution is -2.28. The first-order valence-corrected chi connectivity index (χ1v) is 7.15. The van der Waals surface area contributed by atoms with Crippen LogP contribution < -0.4 is 4.72 Å². The Morgan fingerprint density at radius 1 is 1.21 bits per heavy atom. The molecule has 0 amide bonds. The third-order valence-corrected chi connectivity index (χ3v) is 4.07. The van der Waals surface area contributed by atoms with Gasteiger partial charge in [-0.15, -0.1) is 0 Å². The first-order chi connectivity index (χ1) is 8.88. The van der Waals surface area contributed by atoms with Crippen molar-refractivity contribution in [2.75, 3.05) is 18.8 Å². The summed E-state index contributed by atoms with van der Waals surface area (Å²) in [5.74, 6) is 0. The fourth-order valence-electron chi connectivity index (χ4n) is 1.52. The molecular formula is C12H16N4O2S. The van der Waals surface area contributed by atoms with Gasteiger partial charge in [-0.1, -0.05) is 12.1 Å². The van der Waals surface area contributed by atoms with Crippen LogP contribution in [0.5, 0.6) is 0 Å². The lowest BCUT2D eigenvalue weighted by molar-refractivity contribution is 0.527. The molecule has 0 unspecified atom stereocenters. The zero-order valence-corrected chi connectivity index (χ0v) is 11.8. The van der Waals surface area contributed by atoms with Crippen molar-refractivity contribution in [3.63, 3.8) is 0 Å². The number of nitrogens with zero attached hydrogens (tertiary/aromatic N) is 2. The second kappa shape index (κ2) is 5.02. The highest BCUT2D eigenvalue weighted by atomic mass is 32.2. The second-order valence-electron chi connectivity index (χ2n) is 4.40. The van der Waals surface area contributed by atoms with E-state index in [0.717, 1.165) is 21.3 Å². The number of anilines is 1. The summed E-state index contributed by atoms with van der Waals surface area (Å²) in [5, 5.41) is 7.01. The van der Waals surface area contributed by atoms with E-state index in [1.54, 1.807) is 12.1 Å². The number of H-pyrrole nitrogens is 1. The summed E-state index contributed by atoms with van der Waals surface area (Å²) in [6.07, 6.45) is 0. The zero-order valence-electron chi connectivity index (χ0n) is 11.0. The second-order valence-corrected chi connectivity index (χ2v) is 6.29. The molecule has 1 aromatic carbocycles. The molecule has 102 valence electrons. The predicted octanol–water partition coefficient (Wildman–Crippen LogP) is 1.60. The van der Waals surface area contributed by atoms with Gasteiger partial charge >= 0.3 is 10.2 Å². The fraction of sp³-hybridized carbons (Fsp3) is 0.250. The number of rotatable bonds is 4. The van der Waals surface area contributed by atoms with Crippen LogP contribution >= 0.6 is 0 Å². The molecule has 0 atom stereocenters. The van der Waals surface area contributed by atoms with E-state index >= 15 is 0 Å². The molecule has 0 fully saturated rings. The summed E-state index contributed by atoms with van der Waals surface area (Å²) < 4.78 is 26.9. The van der Waals surface area contributed by atoms with Crippen molar-refractivity contribution in [2.45, 2.75) is 6.92 Å². The quantitative estimate of drug-likeness (QED) is 0.893. The molecule has 0 aliphatic rings. The van der Waals surface area contributed by atoms with Crippen LogP contribution in [0.15, 0.2) is 30.3 Å². The maximum atomic E-state index is 11.7. The Labute approximate surface area is 112 Å². The van der Waals surface area contributed by atoms with Gasteiger partial charge < -0.3 is 0 Å². The third-order valence-electron chi connectivity index (χ3n) is 2.61. The van der Waals surface area contributed by atoms with Gasteiger partial charge in [-0.05, 0) is 25.1 Å². The van der Waals surface area contributed by atoms with Gasteiger partial charge in [0.25, 0.3) is 0 Å². The SMILES string of the molecule is Cc1cc(-c2ccc(NS(=O)(=O)N(C)C)cc2)n[nH]1. The molecule has 1 heterocycles. The zero-order chi connectivity index (χ0) is 14.0. The van der Waals surface area contributed by atoms with Crippen LogP contribution in [0.25, 0.3) is 11.3 Å². The van der Waals surface area contributed by atoms with E-state index in [2.05, 4.69) is 14.9 Å². The molecule has 0 saturated carbocycles. The molecule has 2 rings (SSSR count). The Morgan fingerprint density at radius 2 is 1.84 bits per heavy atom. The number of aromatic nitrogens is 2. The number of hydrogen-bond acceptors (Lipinski definition) is 3. The maximum Gasteiger partial charge on any atom is 0.301 e. The number of hydrogen-bond donors (Lipinski definition) is 2. The summed E-state index contributed by atoms with van der Waals surface area (Å²) in [4.78, 5) is 0. The molecule has 1 aromatic heterocycles. The average molecular weight is 280 g/mol. The van der Waals surface area contributed by atoms with Crippen molar-refractivity contribution in [1.29, 1.82) is 0 Å². The third kappa shape index (κ3) is 3.12. The summed E-state index contributed by atoms with van der Waals surface area (Å²) in [6.45, 7) is 1.93. The highest BCUT2D eigenvalue weighted by Crippen LogP contribution is 2.20. The molecule has 0 saturated heterocycles. The average Bonchev–Trinajstić information content (AvgIpc) is 2.76. The maximum absolute atomic E-state index is 11.7. The minimum absolute atomic E-state index is 0.518. The van der Waals surface area contributed by atoms with Crippen molar-refractivity contribution in [3.8, 4) is 11.3 Å². The molecule has 6 nitrogen and oxygen atoms in total. The van der Waals surface area contributed by atoms with Crippen LogP contribution in [0.2, 0.25) is 0 Å². The van der Waals surface area contributed by atoms with E-state index in [-0.39, 0.29) is 0 Å². The Balaban J connectivity index is 2.20. The predicted molar refractivity (Wildman–Crippen MR) is 75.0 cm³/mol. The monoisotopic (exact) mass is 280 g/mol. The minimum Gasteiger partial charge on any atom is -0.282 e. The Kier molecular flexibility index (Phi) is 3.59. The first-order valence-electron chi connectivity index (χ1n) is 5.71. The van der Waals surface area contributed by atoms with Gasteiger partial charge in [0, 0.05) is 31.0 Å². The smallest absolute Gasteiger partial charge is 0.282 e. The normalized spacial score (nSPS) is 11.8. The van der Waals surface area contributed by atoms with E-state index in [4.69, 9.17) is 0 Å². The van der Waals surface area contributed by atoms with Gasteiger partial charge in [0.15, 0.2) is 0 Å². The van der Waals surface area contributed by atoms with Gasteiger partial charge in [-0.3, -0.25) is 9.82 Å². The van der Waals surface area contributed by atoms with Crippen molar-refractivity contribution in [1.82, 2.24) is 14.5 Å². The minimum atomic E-state index is -3.46. The Morgan fingerprint density at radius 3 is 2.32 bits per heavy atom. The molecule has 2 N–H and O–H groups in total. The summed E-state index contributed by atoms with van der Waals surface area (Å²) >= 11 is 0. The van der Waals surface area contributed by atoms with Crippen LogP contribution in [0, 0.1) is 6.92 Å². The molecule has 19 heavy (non-hydrogen) atoms. The van der Waals surface area contributed by atoms with Gasteiger partial charge in [0.2, 0.25) is 0 Å². The standard InChI is InChI=1S/C12H16N4O2S/c1-9-8-12(14-13-9)10-4-6-11(7-5-10)15-19(17,18)16(2)3/h4-8,15H,1-3H3,(H,13,14). The van der Waals surface area contributed by atoms with Crippen LogP contribution in [-0.2, 0) is 10.2 Å². The highest BCUT2D eigenvalue weighted by Gasteiger charge is 2.12. The van der Waals surface area contributed by atoms with Crippen LogP contribution in [-0.4, -0.2) is 37.0 Å². The fourth-order valence-corrected chi connectivity index (χ4v) is 2.13. The topological polar surface area (TPSA) is 78.1 Å². The van der Waals surface area contributed by atoms with Crippen molar-refractivity contribution in [2.24, 2.45) is 0 Å². The Bertz CT molecular complexity index is 659. The molecule has 0 spiro atoms. The molecule has 0 aliphatic carbocycles. The van der Waals surface area contributed by atoms with E-state index in [9.17, 15) is 8.42 Å². The molecule has 0 aliphatic heterocycles. The van der Waals surface area contributed by atoms with E-state index in [1.807, 2.05) is 25.1 Å². The molecule has 2 aromatic rings. The number of aromatic amines is 1. The molecular weight excluding hydrogens is 264 g/mol. The summed E-state index contributed by atoms with van der Waals surface area (Å²) in [5.41, 5.74) is 3.26. The Hall–Kier alpha value is -1.86. The van der Waals surface area contributed by atoms with E-state index < -0.39 is 10.2 Å². The number of aryl methyl sites for hydroxylation is 1. The van der Waals surface area contributed by atoms with Crippen molar-refractivity contribution >= 4 is 15.9 Å². The van der Waals surface area contributed by atoms with Gasteiger partial charge in [-0.2, -0.15) is 17.8 Å². The lowest BCUT2D eigenvalue weighted by atomic mass is 10.1. The van der Waals surface area contributed by atoms with E-state index in [1.165, 1.54) is 14.1 Å². The molecule has 0 radical (unpaired) electrons. The van der Waals surface area contributed by atoms with Gasteiger partial charge in [0.05, 0.1) is 5.69 Å². The largest absolute Gasteiger partial charge is 0.301 e. The molecule has 0 bridgehead atoms. The van der Waals surface area contributed by atoms with Crippen molar-refractivity contribution < 1.29 is 8.42 Å². The first kappa shape index (κ1) is 13.6. The number of nitrogens with one attached hydrogen (secondary N) is 2. The highest BCUT2D eigenvalue weighted by molar-refractivity contribution is 7.90. The van der Waals surface area contributed by atoms with Crippen LogP contribution in [0.4, 0.5) is 5.69 Å². The summed E-state index contributed by atoms with van der Waals surface area (Å²) in [6, 6.07) is 8.99. The van der Waals surface area contributed by atoms with E-state index in [0.29, 0.717) is 5.69 Å². The number of benzene rings is 1. The van der Waals surface area contributed by atoms with Crippen LogP contribution in [0.3, 0.4) is 0 Å². The lowest BCUT2D eigenvalue weighted by Gasteiger charge is -2.13. The summed E-state index contributed by atoms with van der Waals surface area (Å²) in [7, 11) is -0.512. The van der Waals surface area contributed by atoms with Gasteiger partial charge in [-0.25, -0.2) is 0 Å². The van der Waals surface area contributed by atoms with Gasteiger partial charge in [0.1, 0.15) is 0 Å². The molecule has 7 heteroatoms. The van der Waals surface area contributed by atoms with Crippen molar-refractivity contribution in [3.05, 3.63) is 36.0 Å².